The highest BCUT2D eigenvalue weighted by atomic mass is 79.9. The zero-order chi connectivity index (χ0) is 13.7. The molecule has 2 N–H and O–H groups in total. The van der Waals surface area contributed by atoms with Crippen LogP contribution in [0.15, 0.2) is 29.0 Å². The average Bonchev–Trinajstić information content (AvgIpc) is 2.85. The van der Waals surface area contributed by atoms with Gasteiger partial charge in [0.2, 0.25) is 0 Å². The van der Waals surface area contributed by atoms with E-state index < -0.39 is 0 Å². The Kier molecular flexibility index (Phi) is 4.93. The molecule has 2 aromatic rings. The smallest absolute Gasteiger partial charge is 0.164 e. The molecule has 0 radical (unpaired) electrons. The maximum Gasteiger partial charge on any atom is 0.164 e. The largest absolute Gasteiger partial charge is 0.485 e. The number of nitrogens with two attached hydrogens (primary N) is 1. The lowest BCUT2D eigenvalue weighted by molar-refractivity contribution is 0.283. The molecule has 0 amide bonds. The highest BCUT2D eigenvalue weighted by molar-refractivity contribution is 9.10. The summed E-state index contributed by atoms with van der Waals surface area (Å²) in [6, 6.07) is 5.81. The van der Waals surface area contributed by atoms with Crippen LogP contribution >= 0.6 is 15.9 Å². The van der Waals surface area contributed by atoms with Crippen molar-refractivity contribution in [1.29, 1.82) is 0 Å². The minimum atomic E-state index is 0.397. The van der Waals surface area contributed by atoms with Crippen LogP contribution in [0.2, 0.25) is 0 Å². The van der Waals surface area contributed by atoms with E-state index in [1.807, 2.05) is 22.9 Å². The Balaban J connectivity index is 2.07. The second-order valence-corrected chi connectivity index (χ2v) is 5.06. The van der Waals surface area contributed by atoms with Crippen LogP contribution in [0.1, 0.15) is 24.7 Å². The fraction of sp³-hybridized carbons (Fsp3) is 0.385. The van der Waals surface area contributed by atoms with Crippen molar-refractivity contribution in [2.24, 2.45) is 5.73 Å². The van der Waals surface area contributed by atoms with E-state index in [9.17, 15) is 0 Å². The van der Waals surface area contributed by atoms with E-state index >= 15 is 0 Å². The molecule has 0 saturated heterocycles. The number of benzene rings is 1. The van der Waals surface area contributed by atoms with Crippen LogP contribution in [0.5, 0.6) is 5.75 Å². The monoisotopic (exact) mass is 324 g/mol. The van der Waals surface area contributed by atoms with Gasteiger partial charge in [-0.3, -0.25) is 0 Å². The van der Waals surface area contributed by atoms with E-state index in [1.165, 1.54) is 0 Å². The summed E-state index contributed by atoms with van der Waals surface area (Å²) >= 11 is 3.42. The minimum Gasteiger partial charge on any atom is -0.485 e. The molecule has 0 saturated carbocycles. The lowest BCUT2D eigenvalue weighted by atomic mass is 10.2. The van der Waals surface area contributed by atoms with Crippen LogP contribution < -0.4 is 10.5 Å². The van der Waals surface area contributed by atoms with Gasteiger partial charge in [0.05, 0.1) is 0 Å². The molecule has 0 bridgehead atoms. The van der Waals surface area contributed by atoms with E-state index in [0.717, 1.165) is 34.6 Å². The third-order valence-corrected chi connectivity index (χ3v) is 3.22. The lowest BCUT2D eigenvalue weighted by Crippen LogP contribution is -2.09. The molecule has 0 fully saturated rings. The molecule has 0 atom stereocenters. The van der Waals surface area contributed by atoms with Crippen LogP contribution in [0.25, 0.3) is 0 Å². The molecule has 6 heteroatoms. The van der Waals surface area contributed by atoms with E-state index in [4.69, 9.17) is 10.5 Å². The van der Waals surface area contributed by atoms with Crippen LogP contribution in [0, 0.1) is 0 Å². The molecule has 19 heavy (non-hydrogen) atoms. The summed E-state index contributed by atoms with van der Waals surface area (Å²) in [4.78, 5) is 4.21. The number of hydrogen-bond acceptors (Lipinski definition) is 4. The average molecular weight is 325 g/mol. The van der Waals surface area contributed by atoms with Crippen molar-refractivity contribution < 1.29 is 4.74 Å². The zero-order valence-electron chi connectivity index (χ0n) is 10.8. The molecule has 0 spiro atoms. The summed E-state index contributed by atoms with van der Waals surface area (Å²) in [5.74, 6) is 1.62. The molecule has 0 aliphatic heterocycles. The van der Waals surface area contributed by atoms with E-state index in [2.05, 4.69) is 32.9 Å². The van der Waals surface area contributed by atoms with Crippen molar-refractivity contribution in [1.82, 2.24) is 14.8 Å². The Labute approximate surface area is 120 Å². The van der Waals surface area contributed by atoms with Crippen molar-refractivity contribution in [2.75, 3.05) is 0 Å². The van der Waals surface area contributed by atoms with Crippen LogP contribution in [-0.2, 0) is 19.7 Å². The first-order valence-electron chi connectivity index (χ1n) is 6.22. The number of aromatic nitrogens is 3. The summed E-state index contributed by atoms with van der Waals surface area (Å²) in [7, 11) is 0. The van der Waals surface area contributed by atoms with Crippen molar-refractivity contribution in [3.8, 4) is 5.75 Å². The topological polar surface area (TPSA) is 66.0 Å². The standard InChI is InChI=1S/C13H17BrN4O/c1-2-5-18-13(16-9-17-18)8-19-12-4-3-11(14)6-10(12)7-15/h3-4,6,9H,2,5,7-8,15H2,1H3. The van der Waals surface area contributed by atoms with Crippen molar-refractivity contribution >= 4 is 15.9 Å². The SMILES string of the molecule is CCCn1ncnc1COc1ccc(Br)cc1CN. The van der Waals surface area contributed by atoms with Gasteiger partial charge in [0.25, 0.3) is 0 Å². The Bertz CT molecular complexity index is 541. The first-order chi connectivity index (χ1) is 9.24. The Morgan fingerprint density at radius 1 is 1.42 bits per heavy atom. The number of hydrogen-bond donors (Lipinski definition) is 1. The fourth-order valence-electron chi connectivity index (χ4n) is 1.79. The fourth-order valence-corrected chi connectivity index (χ4v) is 2.20. The number of aryl methyl sites for hydroxylation is 1. The molecule has 2 rings (SSSR count). The molecular weight excluding hydrogens is 308 g/mol. The Morgan fingerprint density at radius 3 is 3.00 bits per heavy atom. The second kappa shape index (κ2) is 6.68. The Morgan fingerprint density at radius 2 is 2.26 bits per heavy atom. The second-order valence-electron chi connectivity index (χ2n) is 4.14. The minimum absolute atomic E-state index is 0.397. The first-order valence-corrected chi connectivity index (χ1v) is 7.02. The Hall–Kier alpha value is -1.40. The van der Waals surface area contributed by atoms with Gasteiger partial charge in [-0.2, -0.15) is 5.10 Å². The lowest BCUT2D eigenvalue weighted by Gasteiger charge is -2.11. The molecule has 1 aromatic heterocycles. The molecule has 1 heterocycles. The number of rotatable bonds is 6. The molecule has 0 aliphatic rings. The van der Waals surface area contributed by atoms with Crippen LogP contribution in [0.3, 0.4) is 0 Å². The van der Waals surface area contributed by atoms with Gasteiger partial charge in [-0.25, -0.2) is 9.67 Å². The summed E-state index contributed by atoms with van der Waals surface area (Å²) in [6.07, 6.45) is 2.57. The van der Waals surface area contributed by atoms with Crippen molar-refractivity contribution in [3.63, 3.8) is 0 Å². The summed E-state index contributed by atoms with van der Waals surface area (Å²) < 4.78 is 8.65. The maximum atomic E-state index is 5.79. The highest BCUT2D eigenvalue weighted by Crippen LogP contribution is 2.23. The zero-order valence-corrected chi connectivity index (χ0v) is 12.4. The highest BCUT2D eigenvalue weighted by Gasteiger charge is 2.07. The predicted molar refractivity (Wildman–Crippen MR) is 76.7 cm³/mol. The van der Waals surface area contributed by atoms with Crippen LogP contribution in [0.4, 0.5) is 0 Å². The molecular formula is C13H17BrN4O. The van der Waals surface area contributed by atoms with Gasteiger partial charge < -0.3 is 10.5 Å². The molecule has 0 aliphatic carbocycles. The summed E-state index contributed by atoms with van der Waals surface area (Å²) in [5, 5.41) is 4.17. The van der Waals surface area contributed by atoms with E-state index in [1.54, 1.807) is 6.33 Å². The number of halogens is 1. The molecule has 0 unspecified atom stereocenters. The van der Waals surface area contributed by atoms with Crippen LogP contribution in [-0.4, -0.2) is 14.8 Å². The van der Waals surface area contributed by atoms with Gasteiger partial charge in [0.1, 0.15) is 18.7 Å². The van der Waals surface area contributed by atoms with E-state index in [-0.39, 0.29) is 0 Å². The summed E-state index contributed by atoms with van der Waals surface area (Å²) in [6.45, 7) is 3.79. The molecule has 5 nitrogen and oxygen atoms in total. The maximum absolute atomic E-state index is 5.79. The molecule has 1 aromatic carbocycles. The van der Waals surface area contributed by atoms with Gasteiger partial charge in [-0.1, -0.05) is 22.9 Å². The third kappa shape index (κ3) is 3.54. The van der Waals surface area contributed by atoms with Gasteiger partial charge in [0.15, 0.2) is 5.82 Å². The van der Waals surface area contributed by atoms with Gasteiger partial charge in [0, 0.05) is 23.1 Å². The summed E-state index contributed by atoms with van der Waals surface area (Å²) in [5.41, 5.74) is 6.68. The third-order valence-electron chi connectivity index (χ3n) is 2.73. The quantitative estimate of drug-likeness (QED) is 0.886. The van der Waals surface area contributed by atoms with Gasteiger partial charge in [-0.05, 0) is 24.6 Å². The number of nitrogens with zero attached hydrogens (tertiary/aromatic N) is 3. The normalized spacial score (nSPS) is 10.7. The molecule has 102 valence electrons. The number of ether oxygens (including phenoxy) is 1. The van der Waals surface area contributed by atoms with Crippen molar-refractivity contribution in [3.05, 3.63) is 40.4 Å². The van der Waals surface area contributed by atoms with Gasteiger partial charge in [-0.15, -0.1) is 0 Å². The van der Waals surface area contributed by atoms with Crippen molar-refractivity contribution in [2.45, 2.75) is 33.0 Å². The van der Waals surface area contributed by atoms with Gasteiger partial charge >= 0.3 is 0 Å². The predicted octanol–water partition coefficient (Wildman–Crippen LogP) is 2.49. The van der Waals surface area contributed by atoms with E-state index in [0.29, 0.717) is 13.2 Å². The first kappa shape index (κ1) is 14.0.